The summed E-state index contributed by atoms with van der Waals surface area (Å²) in [4.78, 5) is 44.9. The van der Waals surface area contributed by atoms with Gasteiger partial charge in [0.15, 0.2) is 0 Å². The summed E-state index contributed by atoms with van der Waals surface area (Å²) in [5.41, 5.74) is -0.207. The molecule has 4 N–H and O–H groups in total. The number of nitrogens with zero attached hydrogens (tertiary/aromatic N) is 5. The van der Waals surface area contributed by atoms with Crippen LogP contribution in [0.25, 0.3) is 0 Å². The Morgan fingerprint density at radius 1 is 1.09 bits per heavy atom. The molecule has 4 aliphatic rings. The monoisotopic (exact) mass is 625 g/mol. The number of aromatic nitrogens is 3. The number of carbonyl (C=O) groups is 3. The maximum absolute atomic E-state index is 14.1. The van der Waals surface area contributed by atoms with Gasteiger partial charge in [-0.15, -0.1) is 5.10 Å². The normalized spacial score (nSPS) is 31.0. The summed E-state index contributed by atoms with van der Waals surface area (Å²) < 4.78 is 13.3. The predicted octanol–water partition coefficient (Wildman–Crippen LogP) is -0.242. The van der Waals surface area contributed by atoms with Crippen LogP contribution in [0.1, 0.15) is 57.7 Å². The molecule has 6 rings (SSSR count). The number of para-hydroxylation sites is 1. The molecule has 5 heterocycles. The van der Waals surface area contributed by atoms with E-state index >= 15 is 0 Å². The van der Waals surface area contributed by atoms with Crippen molar-refractivity contribution in [2.75, 3.05) is 26.2 Å². The molecule has 45 heavy (non-hydrogen) atoms. The fraction of sp³-hybridized carbons (Fsp3) is 0.645. The average Bonchev–Trinajstić information content (AvgIpc) is 3.74. The van der Waals surface area contributed by atoms with Crippen molar-refractivity contribution in [1.29, 1.82) is 0 Å². The summed E-state index contributed by atoms with van der Waals surface area (Å²) in [5.74, 6) is -0.236. The van der Waals surface area contributed by atoms with Gasteiger partial charge >= 0.3 is 0 Å². The Kier molecular flexibility index (Phi) is 9.09. The molecule has 2 bridgehead atoms. The van der Waals surface area contributed by atoms with E-state index in [1.54, 1.807) is 15.8 Å². The van der Waals surface area contributed by atoms with Crippen molar-refractivity contribution < 1.29 is 34.1 Å². The highest BCUT2D eigenvalue weighted by Crippen LogP contribution is 2.34. The average molecular weight is 626 g/mol. The van der Waals surface area contributed by atoms with E-state index in [4.69, 9.17) is 9.47 Å². The number of nitrogens with one attached hydrogen (secondary N) is 2. The van der Waals surface area contributed by atoms with Crippen molar-refractivity contribution in [1.82, 2.24) is 35.4 Å². The molecular weight excluding hydrogens is 582 g/mol. The number of hydrogen-bond donors (Lipinski definition) is 4. The molecule has 0 saturated carbocycles. The quantitative estimate of drug-likeness (QED) is 0.348. The SMILES string of the molecule is CC(C)N1CCC2(CC1)CC(=O)N1C[C@@H](n3cc(COc4ccccc4)nn3)C[C@H]1C(=O)NC[C@H]1O[C@@H](CC(=O)N2)C(O)C1O. The second-order valence-electron chi connectivity index (χ2n) is 13.0. The zero-order valence-electron chi connectivity index (χ0n) is 25.7. The van der Waals surface area contributed by atoms with Gasteiger partial charge in [0, 0.05) is 38.6 Å². The predicted molar refractivity (Wildman–Crippen MR) is 160 cm³/mol. The van der Waals surface area contributed by atoms with Gasteiger partial charge in [-0.25, -0.2) is 4.68 Å². The van der Waals surface area contributed by atoms with Crippen LogP contribution in [0.5, 0.6) is 5.75 Å². The number of aliphatic hydroxyl groups is 2. The molecule has 4 aliphatic heterocycles. The molecule has 4 fully saturated rings. The van der Waals surface area contributed by atoms with Crippen LogP contribution < -0.4 is 15.4 Å². The molecule has 1 aromatic carbocycles. The number of amides is 3. The lowest BCUT2D eigenvalue weighted by Gasteiger charge is -2.44. The smallest absolute Gasteiger partial charge is 0.242 e. The summed E-state index contributed by atoms with van der Waals surface area (Å²) in [5, 5.41) is 35.8. The number of aliphatic hydroxyl groups excluding tert-OH is 2. The van der Waals surface area contributed by atoms with Gasteiger partial charge in [-0.2, -0.15) is 0 Å². The van der Waals surface area contributed by atoms with Gasteiger partial charge in [0.05, 0.1) is 36.7 Å². The maximum Gasteiger partial charge on any atom is 0.242 e. The van der Waals surface area contributed by atoms with Gasteiger partial charge in [-0.1, -0.05) is 23.4 Å². The van der Waals surface area contributed by atoms with E-state index in [9.17, 15) is 24.6 Å². The molecule has 2 aromatic rings. The third-order valence-corrected chi connectivity index (χ3v) is 9.67. The molecule has 14 nitrogen and oxygen atoms in total. The first-order valence-electron chi connectivity index (χ1n) is 15.8. The molecule has 1 spiro atoms. The summed E-state index contributed by atoms with van der Waals surface area (Å²) in [6, 6.07) is 8.59. The summed E-state index contributed by atoms with van der Waals surface area (Å²) in [6.45, 7) is 6.03. The lowest BCUT2D eigenvalue weighted by atomic mass is 9.83. The first-order chi connectivity index (χ1) is 21.6. The number of piperidine rings is 1. The number of rotatable bonds is 5. The third kappa shape index (κ3) is 6.83. The summed E-state index contributed by atoms with van der Waals surface area (Å²) >= 11 is 0. The second kappa shape index (κ2) is 13.0. The van der Waals surface area contributed by atoms with Crippen LogP contribution in [0.2, 0.25) is 0 Å². The molecule has 0 aliphatic carbocycles. The highest BCUT2D eigenvalue weighted by Gasteiger charge is 2.48. The van der Waals surface area contributed by atoms with Crippen LogP contribution in [-0.2, 0) is 25.7 Å². The van der Waals surface area contributed by atoms with Crippen LogP contribution in [0.15, 0.2) is 36.5 Å². The molecule has 1 aromatic heterocycles. The van der Waals surface area contributed by atoms with Gasteiger partial charge in [0.25, 0.3) is 0 Å². The standard InChI is InChI=1S/C31H43N7O7/c1-19(2)36-10-8-31(9-11-36)14-27(40)37-17-21(38-16-20(34-35-38)18-44-22-6-4-3-5-7-22)12-23(37)30(43)32-15-25-29(42)28(41)24(45-25)13-26(39)33-31/h3-7,16,19,21,23-25,28-29,41-42H,8-15,17-18H2,1-2H3,(H,32,43)(H,33,39)/t21-,23-,24-,25+,28?,29?/m0/s1. The van der Waals surface area contributed by atoms with Gasteiger partial charge in [-0.3, -0.25) is 14.4 Å². The Morgan fingerprint density at radius 2 is 1.82 bits per heavy atom. The number of benzene rings is 1. The zero-order valence-corrected chi connectivity index (χ0v) is 25.7. The highest BCUT2D eigenvalue weighted by molar-refractivity contribution is 5.89. The van der Waals surface area contributed by atoms with E-state index < -0.39 is 36.0 Å². The Bertz CT molecular complexity index is 1360. The van der Waals surface area contributed by atoms with Gasteiger partial charge in [0.1, 0.15) is 42.4 Å². The summed E-state index contributed by atoms with van der Waals surface area (Å²) in [7, 11) is 0. The van der Waals surface area contributed by atoms with Crippen LogP contribution >= 0.6 is 0 Å². The number of likely N-dealkylation sites (tertiary alicyclic amines) is 1. The second-order valence-corrected chi connectivity index (χ2v) is 13.0. The van der Waals surface area contributed by atoms with E-state index in [1.807, 2.05) is 30.3 Å². The van der Waals surface area contributed by atoms with Gasteiger partial charge in [0.2, 0.25) is 17.7 Å². The van der Waals surface area contributed by atoms with Crippen molar-refractivity contribution in [2.24, 2.45) is 0 Å². The molecule has 3 amide bonds. The lowest BCUT2D eigenvalue weighted by molar-refractivity contribution is -0.141. The topological polar surface area (TPSA) is 171 Å². The van der Waals surface area contributed by atoms with Crippen molar-refractivity contribution in [3.63, 3.8) is 0 Å². The molecule has 14 heteroatoms. The van der Waals surface area contributed by atoms with Crippen LogP contribution in [0, 0.1) is 0 Å². The minimum Gasteiger partial charge on any atom is -0.487 e. The Morgan fingerprint density at radius 3 is 2.56 bits per heavy atom. The minimum atomic E-state index is -1.28. The van der Waals surface area contributed by atoms with Crippen molar-refractivity contribution in [2.45, 2.75) is 101 Å². The maximum atomic E-state index is 14.1. The molecular formula is C31H43N7O7. The van der Waals surface area contributed by atoms with Crippen molar-refractivity contribution in [3.05, 3.63) is 42.2 Å². The summed E-state index contributed by atoms with van der Waals surface area (Å²) in [6.07, 6.45) is -1.29. The number of carbonyl (C=O) groups excluding carboxylic acids is 3. The van der Waals surface area contributed by atoms with E-state index in [0.717, 1.165) is 0 Å². The van der Waals surface area contributed by atoms with Crippen molar-refractivity contribution in [3.8, 4) is 5.75 Å². The highest BCUT2D eigenvalue weighted by atomic mass is 16.5. The van der Waals surface area contributed by atoms with Gasteiger partial charge in [-0.05, 0) is 38.8 Å². The van der Waals surface area contributed by atoms with Crippen LogP contribution in [0.3, 0.4) is 0 Å². The minimum absolute atomic E-state index is 0.0357. The Labute approximate surface area is 262 Å². The number of hydrogen-bond acceptors (Lipinski definition) is 10. The van der Waals surface area contributed by atoms with Crippen molar-refractivity contribution >= 4 is 17.7 Å². The van der Waals surface area contributed by atoms with Crippen LogP contribution in [-0.4, -0.2) is 121 Å². The van der Waals surface area contributed by atoms with Crippen LogP contribution in [0.4, 0.5) is 0 Å². The first kappa shape index (κ1) is 31.4. The molecule has 4 saturated heterocycles. The fourth-order valence-electron chi connectivity index (χ4n) is 6.98. The molecule has 0 radical (unpaired) electrons. The largest absolute Gasteiger partial charge is 0.487 e. The Balaban J connectivity index is 1.23. The number of fused-ring (bicyclic) bond motifs is 3. The van der Waals surface area contributed by atoms with E-state index in [2.05, 4.69) is 39.7 Å². The van der Waals surface area contributed by atoms with E-state index in [1.165, 1.54) is 0 Å². The van der Waals surface area contributed by atoms with Gasteiger partial charge < -0.3 is 40.1 Å². The van der Waals surface area contributed by atoms with E-state index in [0.29, 0.717) is 49.8 Å². The third-order valence-electron chi connectivity index (χ3n) is 9.67. The Hall–Kier alpha value is -3.59. The first-order valence-corrected chi connectivity index (χ1v) is 15.8. The molecule has 2 unspecified atom stereocenters. The lowest BCUT2D eigenvalue weighted by Crippen LogP contribution is -2.59. The molecule has 244 valence electrons. The zero-order chi connectivity index (χ0) is 31.7. The number of ether oxygens (including phenoxy) is 2. The van der Waals surface area contributed by atoms with E-state index in [-0.39, 0.29) is 56.3 Å². The fourth-order valence-corrected chi connectivity index (χ4v) is 6.98. The molecule has 6 atom stereocenters.